The van der Waals surface area contributed by atoms with Crippen LogP contribution >= 0.6 is 0 Å². The van der Waals surface area contributed by atoms with E-state index in [1.165, 1.54) is 33.3 Å². The summed E-state index contributed by atoms with van der Waals surface area (Å²) >= 11 is 0. The number of aliphatic hydroxyl groups excluding tert-OH is 2. The van der Waals surface area contributed by atoms with Crippen molar-refractivity contribution >= 4 is 21.6 Å². The first-order valence-corrected chi connectivity index (χ1v) is 14.2. The summed E-state index contributed by atoms with van der Waals surface area (Å²) in [6.45, 7) is 0.423. The molecule has 4 N–H and O–H groups in total. The molecule has 0 aliphatic carbocycles. The molecule has 3 atom stereocenters. The van der Waals surface area contributed by atoms with E-state index in [1.54, 1.807) is 30.3 Å². The predicted molar refractivity (Wildman–Crippen MR) is 152 cm³/mol. The van der Waals surface area contributed by atoms with Crippen LogP contribution in [0.3, 0.4) is 0 Å². The van der Waals surface area contributed by atoms with E-state index in [-0.39, 0.29) is 34.1 Å². The molecule has 0 spiro atoms. The van der Waals surface area contributed by atoms with E-state index in [1.807, 2.05) is 0 Å². The highest BCUT2D eigenvalue weighted by atomic mass is 32.2. The van der Waals surface area contributed by atoms with Crippen molar-refractivity contribution in [3.8, 4) is 17.2 Å². The summed E-state index contributed by atoms with van der Waals surface area (Å²) in [6.07, 6.45) is -2.54. The SMILES string of the molecule is COc1cc(O)c(C(=O)N[C@@H](Cc2ccccc2)[C@H](O)CN(C[C@H](C)O)S(=O)(=O)c2ccc([N+](=O)[O-])cc2)cc1OC. The minimum atomic E-state index is -4.34. The van der Waals surface area contributed by atoms with Crippen LogP contribution in [0.25, 0.3) is 0 Å². The monoisotopic (exact) mass is 603 g/mol. The second-order valence-electron chi connectivity index (χ2n) is 9.48. The molecule has 3 rings (SSSR count). The number of non-ortho nitro benzene ring substituents is 1. The van der Waals surface area contributed by atoms with E-state index in [4.69, 9.17) is 9.47 Å². The molecule has 3 aromatic rings. The summed E-state index contributed by atoms with van der Waals surface area (Å²) in [5.41, 5.74) is 0.246. The van der Waals surface area contributed by atoms with Crippen molar-refractivity contribution in [1.82, 2.24) is 9.62 Å². The number of hydrogen-bond acceptors (Lipinski definition) is 10. The number of hydrogen-bond donors (Lipinski definition) is 4. The largest absolute Gasteiger partial charge is 0.507 e. The van der Waals surface area contributed by atoms with E-state index in [0.29, 0.717) is 0 Å². The van der Waals surface area contributed by atoms with Crippen molar-refractivity contribution in [2.24, 2.45) is 0 Å². The van der Waals surface area contributed by atoms with Gasteiger partial charge in [-0.1, -0.05) is 30.3 Å². The van der Waals surface area contributed by atoms with Gasteiger partial charge in [-0.2, -0.15) is 4.31 Å². The first-order valence-electron chi connectivity index (χ1n) is 12.8. The molecule has 0 unspecified atom stereocenters. The van der Waals surface area contributed by atoms with E-state index in [9.17, 15) is 38.6 Å². The summed E-state index contributed by atoms with van der Waals surface area (Å²) in [7, 11) is -1.61. The van der Waals surface area contributed by atoms with Crippen LogP contribution in [0.4, 0.5) is 5.69 Å². The molecule has 226 valence electrons. The van der Waals surface area contributed by atoms with Gasteiger partial charge in [-0.25, -0.2) is 8.42 Å². The average Bonchev–Trinajstić information content (AvgIpc) is 2.96. The van der Waals surface area contributed by atoms with Crippen LogP contribution in [-0.2, 0) is 16.4 Å². The number of rotatable bonds is 14. The van der Waals surface area contributed by atoms with Crippen LogP contribution < -0.4 is 14.8 Å². The van der Waals surface area contributed by atoms with Gasteiger partial charge in [0.1, 0.15) is 5.75 Å². The number of aliphatic hydroxyl groups is 2. The summed E-state index contributed by atoms with van der Waals surface area (Å²) < 4.78 is 38.2. The number of methoxy groups -OCH3 is 2. The van der Waals surface area contributed by atoms with Crippen LogP contribution in [0.1, 0.15) is 22.8 Å². The van der Waals surface area contributed by atoms with Gasteiger partial charge in [0, 0.05) is 37.4 Å². The second-order valence-corrected chi connectivity index (χ2v) is 11.4. The first-order chi connectivity index (χ1) is 19.9. The highest BCUT2D eigenvalue weighted by Crippen LogP contribution is 2.34. The van der Waals surface area contributed by atoms with Crippen molar-refractivity contribution in [2.45, 2.75) is 36.5 Å². The number of nitro groups is 1. The number of carbonyl (C=O) groups is 1. The zero-order valence-electron chi connectivity index (χ0n) is 23.2. The Hall–Kier alpha value is -4.24. The maximum Gasteiger partial charge on any atom is 0.269 e. The third kappa shape index (κ3) is 7.94. The van der Waals surface area contributed by atoms with Crippen LogP contribution in [0.2, 0.25) is 0 Å². The van der Waals surface area contributed by atoms with E-state index in [2.05, 4.69) is 5.32 Å². The minimum absolute atomic E-state index is 0.0852. The van der Waals surface area contributed by atoms with Gasteiger partial charge in [-0.15, -0.1) is 0 Å². The van der Waals surface area contributed by atoms with Gasteiger partial charge in [0.25, 0.3) is 11.6 Å². The van der Waals surface area contributed by atoms with E-state index in [0.717, 1.165) is 34.1 Å². The fraction of sp³-hybridized carbons (Fsp3) is 0.321. The zero-order chi connectivity index (χ0) is 31.0. The molecule has 0 radical (unpaired) electrons. The second kappa shape index (κ2) is 14.1. The number of nitrogens with one attached hydrogen (secondary N) is 1. The van der Waals surface area contributed by atoms with Crippen molar-refractivity contribution in [3.05, 3.63) is 88.0 Å². The maximum absolute atomic E-state index is 13.5. The Morgan fingerprint density at radius 1 is 1.00 bits per heavy atom. The number of carbonyl (C=O) groups excluding carboxylic acids is 1. The molecule has 1 amide bonds. The third-order valence-corrected chi connectivity index (χ3v) is 8.22. The number of phenolic OH excluding ortho intramolecular Hbond substituents is 1. The lowest BCUT2D eigenvalue weighted by Gasteiger charge is -2.30. The van der Waals surface area contributed by atoms with Gasteiger partial charge in [0.05, 0.1) is 47.9 Å². The molecule has 14 heteroatoms. The summed E-state index contributed by atoms with van der Waals surface area (Å²) in [6, 6.07) is 14.5. The molecule has 0 aromatic heterocycles. The Kier molecular flexibility index (Phi) is 10.8. The average molecular weight is 604 g/mol. The first kappa shape index (κ1) is 32.3. The van der Waals surface area contributed by atoms with Gasteiger partial charge in [-0.3, -0.25) is 14.9 Å². The number of nitro benzene ring substituents is 1. The van der Waals surface area contributed by atoms with Crippen LogP contribution in [-0.4, -0.2) is 84.4 Å². The molecule has 0 fully saturated rings. The number of aromatic hydroxyl groups is 1. The lowest BCUT2D eigenvalue weighted by molar-refractivity contribution is -0.384. The number of sulfonamides is 1. The van der Waals surface area contributed by atoms with Crippen LogP contribution in [0, 0.1) is 10.1 Å². The number of amides is 1. The molecule has 3 aromatic carbocycles. The Balaban J connectivity index is 1.94. The Morgan fingerprint density at radius 3 is 2.14 bits per heavy atom. The van der Waals surface area contributed by atoms with Gasteiger partial charge in [-0.05, 0) is 31.0 Å². The standard InChI is InChI=1S/C28H33N3O10S/c1-18(32)16-30(42(38,39)21-11-9-20(10-12-21)31(36)37)17-25(34)23(13-19-7-5-4-6-8-19)29-28(35)22-14-26(40-2)27(41-3)15-24(22)33/h4-12,14-15,18,23,25,32-34H,13,16-17H2,1-3H3,(H,29,35)/t18-,23-,25+/m0/s1. The number of ether oxygens (including phenoxy) is 2. The maximum atomic E-state index is 13.5. The van der Waals surface area contributed by atoms with Gasteiger partial charge in [0.2, 0.25) is 10.0 Å². The molecular weight excluding hydrogens is 570 g/mol. The molecule has 0 saturated carbocycles. The lowest BCUT2D eigenvalue weighted by Crippen LogP contribution is -2.51. The lowest BCUT2D eigenvalue weighted by atomic mass is 10.00. The van der Waals surface area contributed by atoms with Crippen molar-refractivity contribution in [2.75, 3.05) is 27.3 Å². The van der Waals surface area contributed by atoms with Gasteiger partial charge >= 0.3 is 0 Å². The molecule has 0 heterocycles. The third-order valence-electron chi connectivity index (χ3n) is 6.37. The Morgan fingerprint density at radius 2 is 1.60 bits per heavy atom. The fourth-order valence-electron chi connectivity index (χ4n) is 4.24. The Labute approximate surface area is 243 Å². The highest BCUT2D eigenvalue weighted by molar-refractivity contribution is 7.89. The Bertz CT molecular complexity index is 1480. The van der Waals surface area contributed by atoms with Crippen LogP contribution in [0.5, 0.6) is 17.2 Å². The number of nitrogens with zero attached hydrogens (tertiary/aromatic N) is 2. The van der Waals surface area contributed by atoms with Crippen molar-refractivity contribution in [1.29, 1.82) is 0 Å². The fourth-order valence-corrected chi connectivity index (χ4v) is 5.78. The van der Waals surface area contributed by atoms with Gasteiger partial charge < -0.3 is 30.1 Å². The van der Waals surface area contributed by atoms with Crippen molar-refractivity contribution < 1.29 is 42.9 Å². The minimum Gasteiger partial charge on any atom is -0.507 e. The normalized spacial score (nSPS) is 13.7. The molecule has 42 heavy (non-hydrogen) atoms. The highest BCUT2D eigenvalue weighted by Gasteiger charge is 2.32. The zero-order valence-corrected chi connectivity index (χ0v) is 24.0. The van der Waals surface area contributed by atoms with E-state index >= 15 is 0 Å². The van der Waals surface area contributed by atoms with Crippen molar-refractivity contribution in [3.63, 3.8) is 0 Å². The molecule has 0 bridgehead atoms. The number of benzene rings is 3. The van der Waals surface area contributed by atoms with E-state index < -0.39 is 57.9 Å². The topological polar surface area (TPSA) is 189 Å². The summed E-state index contributed by atoms with van der Waals surface area (Å²) in [5.74, 6) is -0.807. The summed E-state index contributed by atoms with van der Waals surface area (Å²) in [5, 5.41) is 45.5. The smallest absolute Gasteiger partial charge is 0.269 e. The molecular formula is C28H33N3O10S. The van der Waals surface area contributed by atoms with Crippen LogP contribution in [0.15, 0.2) is 71.6 Å². The number of phenols is 1. The molecule has 0 saturated heterocycles. The molecule has 0 aliphatic heterocycles. The summed E-state index contributed by atoms with van der Waals surface area (Å²) in [4.78, 5) is 23.4. The van der Waals surface area contributed by atoms with Gasteiger partial charge in [0.15, 0.2) is 11.5 Å². The molecule has 0 aliphatic rings. The quantitative estimate of drug-likeness (QED) is 0.157. The predicted octanol–water partition coefficient (Wildman–Crippen LogP) is 2.09. The molecule has 13 nitrogen and oxygen atoms in total.